The van der Waals surface area contributed by atoms with Crippen molar-refractivity contribution in [3.63, 3.8) is 0 Å². The van der Waals surface area contributed by atoms with Crippen LogP contribution in [0.3, 0.4) is 0 Å². The highest BCUT2D eigenvalue weighted by atomic mass is 16.5. The van der Waals surface area contributed by atoms with Crippen molar-refractivity contribution in [2.45, 2.75) is 0 Å². The van der Waals surface area contributed by atoms with Gasteiger partial charge in [-0.2, -0.15) is 10.4 Å². The van der Waals surface area contributed by atoms with Gasteiger partial charge in [-0.05, 0) is 12.1 Å². The van der Waals surface area contributed by atoms with Crippen LogP contribution >= 0.6 is 0 Å². The third-order valence-electron chi connectivity index (χ3n) is 2.11. The molecular formula is C12H9N3O2. The topological polar surface area (TPSA) is 67.9 Å². The van der Waals surface area contributed by atoms with Gasteiger partial charge in [-0.15, -0.1) is 0 Å². The lowest BCUT2D eigenvalue weighted by Gasteiger charge is -1.99. The van der Waals surface area contributed by atoms with Crippen molar-refractivity contribution in [2.75, 3.05) is 6.61 Å². The Morgan fingerprint density at radius 3 is 2.88 bits per heavy atom. The quantitative estimate of drug-likeness (QED) is 0.746. The van der Waals surface area contributed by atoms with Crippen LogP contribution in [-0.4, -0.2) is 22.4 Å². The van der Waals surface area contributed by atoms with Crippen LogP contribution in [0.5, 0.6) is 0 Å². The lowest BCUT2D eigenvalue weighted by atomic mass is 10.3. The fourth-order valence-corrected chi connectivity index (χ4v) is 1.33. The molecule has 5 heteroatoms. The van der Waals surface area contributed by atoms with Crippen LogP contribution in [0.15, 0.2) is 42.7 Å². The molecule has 0 unspecified atom stereocenters. The SMILES string of the molecule is N#CCOC(=O)c1cnn(-c2ccccc2)c1. The van der Waals surface area contributed by atoms with Gasteiger partial charge in [0.05, 0.1) is 17.4 Å². The molecule has 1 aromatic carbocycles. The second kappa shape index (κ2) is 4.94. The molecule has 0 N–H and O–H groups in total. The van der Waals surface area contributed by atoms with Crippen LogP contribution in [0.2, 0.25) is 0 Å². The molecule has 0 spiro atoms. The first-order valence-corrected chi connectivity index (χ1v) is 4.95. The van der Waals surface area contributed by atoms with E-state index in [2.05, 4.69) is 9.84 Å². The third kappa shape index (κ3) is 2.49. The summed E-state index contributed by atoms with van der Waals surface area (Å²) in [7, 11) is 0. The number of hydrogen-bond acceptors (Lipinski definition) is 4. The van der Waals surface area contributed by atoms with Gasteiger partial charge in [-0.1, -0.05) is 18.2 Å². The molecule has 1 aromatic heterocycles. The smallest absolute Gasteiger partial charge is 0.342 e. The van der Waals surface area contributed by atoms with Crippen LogP contribution in [0.1, 0.15) is 10.4 Å². The molecule has 0 saturated heterocycles. The van der Waals surface area contributed by atoms with E-state index in [0.29, 0.717) is 5.56 Å². The van der Waals surface area contributed by atoms with Crippen molar-refractivity contribution in [2.24, 2.45) is 0 Å². The van der Waals surface area contributed by atoms with E-state index in [1.54, 1.807) is 16.9 Å². The Morgan fingerprint density at radius 1 is 1.41 bits per heavy atom. The monoisotopic (exact) mass is 227 g/mol. The maximum absolute atomic E-state index is 11.4. The number of para-hydroxylation sites is 1. The second-order valence-electron chi connectivity index (χ2n) is 3.24. The molecular weight excluding hydrogens is 218 g/mol. The first-order chi connectivity index (χ1) is 8.31. The normalized spacial score (nSPS) is 9.59. The molecule has 17 heavy (non-hydrogen) atoms. The van der Waals surface area contributed by atoms with E-state index in [1.807, 2.05) is 30.3 Å². The first-order valence-electron chi connectivity index (χ1n) is 4.95. The molecule has 84 valence electrons. The number of nitrogens with zero attached hydrogens (tertiary/aromatic N) is 3. The lowest BCUT2D eigenvalue weighted by molar-refractivity contribution is 0.0555. The van der Waals surface area contributed by atoms with Gasteiger partial charge in [0.15, 0.2) is 6.61 Å². The van der Waals surface area contributed by atoms with Crippen LogP contribution in [0.4, 0.5) is 0 Å². The Morgan fingerprint density at radius 2 is 2.18 bits per heavy atom. The van der Waals surface area contributed by atoms with Crippen LogP contribution < -0.4 is 0 Å². The summed E-state index contributed by atoms with van der Waals surface area (Å²) in [5.74, 6) is -0.547. The van der Waals surface area contributed by atoms with Crippen molar-refractivity contribution >= 4 is 5.97 Å². The minimum Gasteiger partial charge on any atom is -0.447 e. The number of carbonyl (C=O) groups excluding carboxylic acids is 1. The predicted molar refractivity (Wildman–Crippen MR) is 59.5 cm³/mol. The highest BCUT2D eigenvalue weighted by Crippen LogP contribution is 2.08. The molecule has 1 heterocycles. The largest absolute Gasteiger partial charge is 0.447 e. The average molecular weight is 227 g/mol. The van der Waals surface area contributed by atoms with E-state index in [9.17, 15) is 4.79 Å². The number of carbonyl (C=O) groups is 1. The predicted octanol–water partition coefficient (Wildman–Crippen LogP) is 1.55. The summed E-state index contributed by atoms with van der Waals surface area (Å²) in [6.45, 7) is -0.255. The van der Waals surface area contributed by atoms with Crippen LogP contribution in [0.25, 0.3) is 5.69 Å². The van der Waals surface area contributed by atoms with Gasteiger partial charge in [-0.25, -0.2) is 9.48 Å². The van der Waals surface area contributed by atoms with E-state index < -0.39 is 5.97 Å². The third-order valence-corrected chi connectivity index (χ3v) is 2.11. The molecule has 0 fully saturated rings. The molecule has 0 aliphatic carbocycles. The minimum absolute atomic E-state index is 0.255. The Hall–Kier alpha value is -2.61. The number of rotatable bonds is 3. The van der Waals surface area contributed by atoms with Gasteiger partial charge >= 0.3 is 5.97 Å². The number of ether oxygens (including phenoxy) is 1. The molecule has 2 aromatic rings. The fourth-order valence-electron chi connectivity index (χ4n) is 1.33. The molecule has 0 aliphatic rings. The fraction of sp³-hybridized carbons (Fsp3) is 0.0833. The summed E-state index contributed by atoms with van der Waals surface area (Å²) in [6, 6.07) is 11.1. The van der Waals surface area contributed by atoms with E-state index in [4.69, 9.17) is 5.26 Å². The zero-order valence-corrected chi connectivity index (χ0v) is 8.91. The van der Waals surface area contributed by atoms with Crippen LogP contribution in [-0.2, 0) is 4.74 Å². The van der Waals surface area contributed by atoms with Crippen LogP contribution in [0, 0.1) is 11.3 Å². The number of hydrogen-bond donors (Lipinski definition) is 0. The van der Waals surface area contributed by atoms with Crippen molar-refractivity contribution in [1.29, 1.82) is 5.26 Å². The number of benzene rings is 1. The summed E-state index contributed by atoms with van der Waals surface area (Å²) in [5.41, 5.74) is 1.18. The molecule has 0 atom stereocenters. The Labute approximate surface area is 97.9 Å². The van der Waals surface area contributed by atoms with Crippen molar-refractivity contribution in [1.82, 2.24) is 9.78 Å². The van der Waals surface area contributed by atoms with Gasteiger partial charge < -0.3 is 4.74 Å². The maximum atomic E-state index is 11.4. The maximum Gasteiger partial charge on any atom is 0.342 e. The van der Waals surface area contributed by atoms with E-state index in [-0.39, 0.29) is 6.61 Å². The van der Waals surface area contributed by atoms with E-state index >= 15 is 0 Å². The van der Waals surface area contributed by atoms with E-state index in [1.165, 1.54) is 6.20 Å². The molecule has 5 nitrogen and oxygen atoms in total. The van der Waals surface area contributed by atoms with Gasteiger partial charge in [-0.3, -0.25) is 0 Å². The van der Waals surface area contributed by atoms with Gasteiger partial charge in [0.25, 0.3) is 0 Å². The first kappa shape index (κ1) is 10.9. The Kier molecular flexibility index (Phi) is 3.17. The molecule has 0 saturated carbocycles. The molecule has 0 bridgehead atoms. The molecule has 0 amide bonds. The molecule has 2 rings (SSSR count). The zero-order chi connectivity index (χ0) is 12.1. The highest BCUT2D eigenvalue weighted by Gasteiger charge is 2.10. The summed E-state index contributed by atoms with van der Waals surface area (Å²) < 4.78 is 6.25. The van der Waals surface area contributed by atoms with Crippen molar-refractivity contribution in [3.05, 3.63) is 48.3 Å². The second-order valence-corrected chi connectivity index (χ2v) is 3.24. The summed E-state index contributed by atoms with van der Waals surface area (Å²) in [4.78, 5) is 11.4. The Bertz CT molecular complexity index is 555. The average Bonchev–Trinajstić information content (AvgIpc) is 2.86. The zero-order valence-electron chi connectivity index (χ0n) is 8.91. The summed E-state index contributed by atoms with van der Waals surface area (Å²) in [5, 5.41) is 12.3. The Balaban J connectivity index is 2.17. The summed E-state index contributed by atoms with van der Waals surface area (Å²) in [6.07, 6.45) is 2.97. The van der Waals surface area contributed by atoms with E-state index in [0.717, 1.165) is 5.69 Å². The van der Waals surface area contributed by atoms with Crippen molar-refractivity contribution < 1.29 is 9.53 Å². The van der Waals surface area contributed by atoms with Gasteiger partial charge in [0.2, 0.25) is 0 Å². The van der Waals surface area contributed by atoms with Crippen molar-refractivity contribution in [3.8, 4) is 11.8 Å². The lowest BCUT2D eigenvalue weighted by Crippen LogP contribution is -2.04. The standard InChI is InChI=1S/C12H9N3O2/c13-6-7-17-12(16)10-8-14-15(9-10)11-4-2-1-3-5-11/h1-5,8-9H,7H2. The summed E-state index contributed by atoms with van der Waals surface area (Å²) >= 11 is 0. The number of esters is 1. The number of aromatic nitrogens is 2. The van der Waals surface area contributed by atoms with Gasteiger partial charge in [0, 0.05) is 6.20 Å². The minimum atomic E-state index is -0.547. The molecule has 0 radical (unpaired) electrons. The number of nitriles is 1. The molecule has 0 aliphatic heterocycles. The highest BCUT2D eigenvalue weighted by molar-refractivity contribution is 5.88. The van der Waals surface area contributed by atoms with Gasteiger partial charge in [0.1, 0.15) is 6.07 Å².